The van der Waals surface area contributed by atoms with Crippen molar-refractivity contribution in [3.05, 3.63) is 135 Å². The zero-order valence-electron chi connectivity index (χ0n) is 21.9. The van der Waals surface area contributed by atoms with Gasteiger partial charge in [0.2, 0.25) is 0 Å². The first-order valence-electron chi connectivity index (χ1n) is 11.9. The van der Waals surface area contributed by atoms with E-state index < -0.39 is 20.1 Å². The topological polar surface area (TPSA) is 157 Å². The molecule has 4 aromatic carbocycles. The molecule has 1 aromatic heterocycles. The van der Waals surface area contributed by atoms with E-state index in [1.54, 1.807) is 25.1 Å². The van der Waals surface area contributed by atoms with Gasteiger partial charge in [-0.1, -0.05) is 92.4 Å². The summed E-state index contributed by atoms with van der Waals surface area (Å²) in [6.45, 7) is 1.56. The van der Waals surface area contributed by atoms with Crippen LogP contribution in [0.3, 0.4) is 0 Å². The monoisotopic (exact) mass is 661 g/mol. The number of aromatic amines is 1. The van der Waals surface area contributed by atoms with Gasteiger partial charge >= 0.3 is 34.5 Å². The number of non-ortho nitro benzene ring substituents is 1. The molecule has 0 saturated carbocycles. The molecule has 42 heavy (non-hydrogen) atoms. The van der Waals surface area contributed by atoms with E-state index in [0.29, 0.717) is 11.2 Å². The molecule has 5 aromatic rings. The van der Waals surface area contributed by atoms with E-state index >= 15 is 0 Å². The van der Waals surface area contributed by atoms with Gasteiger partial charge in [-0.3, -0.25) is 30.9 Å². The predicted octanol–water partition coefficient (Wildman–Crippen LogP) is 8.53. The van der Waals surface area contributed by atoms with Gasteiger partial charge in [0.15, 0.2) is 5.78 Å². The Morgan fingerprint density at radius 3 is 1.79 bits per heavy atom. The van der Waals surface area contributed by atoms with Crippen LogP contribution in [0.25, 0.3) is 22.2 Å². The Morgan fingerprint density at radius 2 is 1.31 bits per heavy atom. The summed E-state index contributed by atoms with van der Waals surface area (Å²) in [6.07, 6.45) is 0. The number of Topliss-reactive ketones (excluding diaryl/α,β-unsaturated/α-hetero) is 1. The summed E-state index contributed by atoms with van der Waals surface area (Å²) in [5.74, 6) is 5.15. The normalized spacial score (nSPS) is 9.14. The standard InChI is InChI=1S/C14H10N2O2.C8H8O.C6H7N3O2.CH4.2ClH.Zn/c17-16(18)13-8-4-7-11-9-12(15-14(11)13)10-5-2-1-3-6-10;1-7(9)8-5-3-2-4-6-8;7-8-5-3-1-2-4-6(5)9(10)11;;;;/h1-9,15H;2-6H,1H3;1-4,8H,7H2;1H4;2*1H;/q;;;;;;+2/p-2. The molecule has 13 heteroatoms. The van der Waals surface area contributed by atoms with Crippen molar-refractivity contribution in [3.63, 3.8) is 0 Å². The number of fused-ring (bicyclic) bond motifs is 1. The van der Waals surface area contributed by atoms with Crippen molar-refractivity contribution in [1.29, 1.82) is 0 Å². The van der Waals surface area contributed by atoms with Crippen LogP contribution in [0.15, 0.2) is 109 Å². The number of hydrogen-bond donors (Lipinski definition) is 3. The van der Waals surface area contributed by atoms with Crippen LogP contribution in [0.2, 0.25) is 0 Å². The fourth-order valence-corrected chi connectivity index (χ4v) is 3.49. The number of nitrogens with zero attached hydrogens (tertiary/aromatic N) is 2. The van der Waals surface area contributed by atoms with Gasteiger partial charge in [0.1, 0.15) is 11.2 Å². The van der Waals surface area contributed by atoms with Crippen LogP contribution in [-0.2, 0) is 15.1 Å². The molecule has 216 valence electrons. The van der Waals surface area contributed by atoms with Crippen LogP contribution < -0.4 is 11.3 Å². The maximum atomic E-state index is 10.9. The Labute approximate surface area is 258 Å². The third-order valence-electron chi connectivity index (χ3n) is 5.35. The number of H-pyrrole nitrogens is 1. The first-order chi connectivity index (χ1) is 19.7. The average molecular weight is 664 g/mol. The minimum absolute atomic E-state index is 0. The number of nitrogens with one attached hydrogen (secondary N) is 2. The number of hydrogen-bond acceptors (Lipinski definition) is 7. The molecule has 0 amide bonds. The SMILES string of the molecule is C.CC(=O)c1ccccc1.NNc1ccccc1[N+](=O)[O-].O=[N+]([O-])c1cccc2cc(-c3ccccc3)[nH]c12.[Cl][Zn][Cl]. The van der Waals surface area contributed by atoms with Gasteiger partial charge in [-0.15, -0.1) is 0 Å². The number of nitrogens with two attached hydrogens (primary N) is 1. The number of rotatable bonds is 5. The molecule has 0 radical (unpaired) electrons. The number of ketones is 1. The van der Waals surface area contributed by atoms with Gasteiger partial charge in [0.25, 0.3) is 11.4 Å². The molecule has 1 heterocycles. The average Bonchev–Trinajstić information content (AvgIpc) is 3.44. The number of para-hydroxylation sites is 3. The van der Waals surface area contributed by atoms with Crippen LogP contribution in [0.1, 0.15) is 24.7 Å². The van der Waals surface area contributed by atoms with Gasteiger partial charge in [0.05, 0.1) is 9.85 Å². The van der Waals surface area contributed by atoms with E-state index in [4.69, 9.17) is 25.2 Å². The molecule has 0 saturated heterocycles. The van der Waals surface area contributed by atoms with Crippen LogP contribution in [0.4, 0.5) is 17.1 Å². The number of halogens is 2. The summed E-state index contributed by atoms with van der Waals surface area (Å²) in [5.41, 5.74) is 5.89. The second-order valence-electron chi connectivity index (χ2n) is 7.99. The minimum atomic E-state index is -0.931. The number of carbonyl (C=O) groups is 1. The molecule has 0 aliphatic heterocycles. The first kappa shape index (κ1) is 35.9. The van der Waals surface area contributed by atoms with Crippen LogP contribution in [0, 0.1) is 20.2 Å². The molecule has 0 fully saturated rings. The molecule has 0 aliphatic carbocycles. The van der Waals surface area contributed by atoms with Gasteiger partial charge in [-0.2, -0.15) is 0 Å². The fraction of sp³-hybridized carbons (Fsp3) is 0.0690. The van der Waals surface area contributed by atoms with Gasteiger partial charge in [0, 0.05) is 28.8 Å². The van der Waals surface area contributed by atoms with E-state index in [1.165, 1.54) is 18.2 Å². The van der Waals surface area contributed by atoms with E-state index in [9.17, 15) is 25.0 Å². The van der Waals surface area contributed by atoms with Gasteiger partial charge in [-0.05, 0) is 24.6 Å². The fourth-order valence-electron chi connectivity index (χ4n) is 3.49. The Kier molecular flexibility index (Phi) is 16.3. The molecule has 4 N–H and O–H groups in total. The van der Waals surface area contributed by atoms with E-state index in [2.05, 4.69) is 10.4 Å². The number of hydrazine groups is 1. The molecule has 10 nitrogen and oxygen atoms in total. The van der Waals surface area contributed by atoms with E-state index in [1.807, 2.05) is 72.8 Å². The molecular formula is C29H29Cl2N5O5Zn. The van der Waals surface area contributed by atoms with Crippen molar-refractivity contribution >= 4 is 53.1 Å². The quantitative estimate of drug-likeness (QED) is 0.0559. The number of carbonyl (C=O) groups excluding carboxylic acids is 1. The number of benzene rings is 4. The third kappa shape index (κ3) is 11.0. The summed E-state index contributed by atoms with van der Waals surface area (Å²) in [7, 11) is 9.90. The molecule has 0 unspecified atom stereocenters. The first-order valence-corrected chi connectivity index (χ1v) is 19.7. The zero-order chi connectivity index (χ0) is 30.2. The third-order valence-corrected chi connectivity index (χ3v) is 5.35. The molecule has 0 spiro atoms. The predicted molar refractivity (Wildman–Crippen MR) is 166 cm³/mol. The Bertz CT molecular complexity index is 1570. The Hall–Kier alpha value is -4.15. The van der Waals surface area contributed by atoms with Crippen molar-refractivity contribution in [2.75, 3.05) is 5.43 Å². The second-order valence-corrected chi connectivity index (χ2v) is 12.6. The molecule has 0 aliphatic rings. The van der Waals surface area contributed by atoms with Crippen LogP contribution in [0.5, 0.6) is 0 Å². The molecule has 5 rings (SSSR count). The van der Waals surface area contributed by atoms with Gasteiger partial charge in [-0.25, -0.2) is 0 Å². The molecule has 0 bridgehead atoms. The summed E-state index contributed by atoms with van der Waals surface area (Å²) in [4.78, 5) is 34.1. The van der Waals surface area contributed by atoms with E-state index in [-0.39, 0.29) is 29.5 Å². The summed E-state index contributed by atoms with van der Waals surface area (Å²) >= 11 is -0.931. The summed E-state index contributed by atoms with van der Waals surface area (Å²) < 4.78 is 0. The number of aromatic nitrogens is 1. The molecular weight excluding hydrogens is 635 g/mol. The van der Waals surface area contributed by atoms with Crippen molar-refractivity contribution in [2.24, 2.45) is 5.84 Å². The molecule has 0 atom stereocenters. The second kappa shape index (κ2) is 19.1. The van der Waals surface area contributed by atoms with Crippen molar-refractivity contribution < 1.29 is 29.8 Å². The van der Waals surface area contributed by atoms with Crippen LogP contribution >= 0.6 is 19.4 Å². The number of nitrogen functional groups attached to an aromatic ring is 1. The van der Waals surface area contributed by atoms with Crippen molar-refractivity contribution in [1.82, 2.24) is 4.98 Å². The van der Waals surface area contributed by atoms with Crippen molar-refractivity contribution in [2.45, 2.75) is 14.4 Å². The van der Waals surface area contributed by atoms with Gasteiger partial charge < -0.3 is 10.4 Å². The summed E-state index contributed by atoms with van der Waals surface area (Å²) in [5, 5.41) is 22.1. The van der Waals surface area contributed by atoms with Crippen LogP contribution in [-0.4, -0.2) is 20.6 Å². The van der Waals surface area contributed by atoms with E-state index in [0.717, 1.165) is 22.2 Å². The maximum absolute atomic E-state index is 10.9. The number of nitro benzene ring substituents is 2. The number of anilines is 1. The summed E-state index contributed by atoms with van der Waals surface area (Å²) in [6, 6.07) is 32.2. The Balaban J connectivity index is 0.000000318. The Morgan fingerprint density at radius 1 is 0.810 bits per heavy atom. The number of nitro groups is 2. The van der Waals surface area contributed by atoms with Crippen molar-refractivity contribution in [3.8, 4) is 11.3 Å². The zero-order valence-corrected chi connectivity index (χ0v) is 26.3.